The van der Waals surface area contributed by atoms with Crippen molar-refractivity contribution in [3.8, 4) is 5.75 Å². The van der Waals surface area contributed by atoms with Gasteiger partial charge in [-0.1, -0.05) is 101 Å². The Morgan fingerprint density at radius 2 is 1.00 bits per heavy atom. The van der Waals surface area contributed by atoms with Gasteiger partial charge in [-0.3, -0.25) is 0 Å². The number of ether oxygens (including phenoxy) is 1. The highest BCUT2D eigenvalue weighted by Crippen LogP contribution is 2.50. The van der Waals surface area contributed by atoms with Crippen LogP contribution in [0.2, 0.25) is 0 Å². The Hall–Kier alpha value is -1.58. The Balaban J connectivity index is 2.54. The quantitative estimate of drug-likeness (QED) is 0.115. The summed E-state index contributed by atoms with van der Waals surface area (Å²) in [5, 5.41) is 0. The van der Waals surface area contributed by atoms with E-state index in [2.05, 4.69) is 147 Å². The first-order valence-electron chi connectivity index (χ1n) is 15.5. The molecule has 2 aromatic rings. The highest BCUT2D eigenvalue weighted by atomic mass is 32.2. The summed E-state index contributed by atoms with van der Waals surface area (Å²) in [6, 6.07) is 11.9. The fourth-order valence-corrected chi connectivity index (χ4v) is 7.39. The Bertz CT molecular complexity index is 1200. The molecule has 2 aromatic carbocycles. The van der Waals surface area contributed by atoms with Gasteiger partial charge in [0.1, 0.15) is 5.75 Å². The summed E-state index contributed by atoms with van der Waals surface area (Å²) in [5.74, 6) is 1.81. The minimum Gasteiger partial charge on any atom is -0.462 e. The van der Waals surface area contributed by atoms with Gasteiger partial charge in [-0.25, -0.2) is 0 Å². The zero-order valence-electron chi connectivity index (χ0n) is 29.6. The molecule has 2 rings (SSSR count). The Kier molecular flexibility index (Phi) is 11.5. The van der Waals surface area contributed by atoms with E-state index in [0.717, 1.165) is 30.8 Å². The maximum atomic E-state index is 6.64. The third-order valence-corrected chi connectivity index (χ3v) is 9.78. The van der Waals surface area contributed by atoms with E-state index < -0.39 is 0 Å². The van der Waals surface area contributed by atoms with E-state index in [1.54, 1.807) is 0 Å². The van der Waals surface area contributed by atoms with Crippen molar-refractivity contribution in [1.82, 2.24) is 0 Å². The van der Waals surface area contributed by atoms with Crippen molar-refractivity contribution < 1.29 is 4.74 Å². The summed E-state index contributed by atoms with van der Waals surface area (Å²) in [4.78, 5) is 2.62. The van der Waals surface area contributed by atoms with Gasteiger partial charge in [0.2, 0.25) is 0 Å². The van der Waals surface area contributed by atoms with Crippen LogP contribution >= 0.6 is 23.5 Å². The maximum absolute atomic E-state index is 6.64. The number of allylic oxidation sites excluding steroid dienone is 2. The highest BCUT2D eigenvalue weighted by molar-refractivity contribution is 8.18. The second-order valence-corrected chi connectivity index (χ2v) is 20.3. The molecular weight excluding hydrogens is 549 g/mol. The Morgan fingerprint density at radius 3 is 1.36 bits per heavy atom. The molecule has 0 aliphatic heterocycles. The van der Waals surface area contributed by atoms with Crippen LogP contribution in [0.15, 0.2) is 64.6 Å². The average Bonchev–Trinajstić information content (AvgIpc) is 2.76. The highest BCUT2D eigenvalue weighted by Gasteiger charge is 2.31. The van der Waals surface area contributed by atoms with Gasteiger partial charge in [0, 0.05) is 27.3 Å². The summed E-state index contributed by atoms with van der Waals surface area (Å²) in [6.45, 7) is 42.7. The van der Waals surface area contributed by atoms with Crippen LogP contribution < -0.4 is 4.74 Å². The fourth-order valence-electron chi connectivity index (χ4n) is 4.78. The molecule has 0 bridgehead atoms. The van der Waals surface area contributed by atoms with E-state index in [4.69, 9.17) is 4.74 Å². The van der Waals surface area contributed by atoms with E-state index in [0.29, 0.717) is 0 Å². The van der Waals surface area contributed by atoms with Crippen molar-refractivity contribution in [3.63, 3.8) is 0 Å². The first kappa shape index (κ1) is 36.6. The van der Waals surface area contributed by atoms with Gasteiger partial charge in [-0.05, 0) is 90.7 Å². The molecule has 0 spiro atoms. The van der Waals surface area contributed by atoms with Gasteiger partial charge in [0.15, 0.2) is 0 Å². The molecule has 1 nitrogen and oxygen atoms in total. The van der Waals surface area contributed by atoms with Crippen LogP contribution in [0.5, 0.6) is 5.75 Å². The molecule has 0 N–H and O–H groups in total. The normalized spacial score (nSPS) is 13.3. The van der Waals surface area contributed by atoms with E-state index in [1.807, 2.05) is 23.5 Å². The molecular formula is C39H60OS2. The Morgan fingerprint density at radius 1 is 0.595 bits per heavy atom. The third kappa shape index (κ3) is 10.8. The topological polar surface area (TPSA) is 9.23 Å². The summed E-state index contributed by atoms with van der Waals surface area (Å²) < 4.78 is 6.56. The predicted molar refractivity (Wildman–Crippen MR) is 192 cm³/mol. The molecule has 0 aromatic heterocycles. The molecule has 3 heteroatoms. The fraction of sp³-hybridized carbons (Fsp3) is 0.590. The second-order valence-electron chi connectivity index (χ2n) is 16.6. The van der Waals surface area contributed by atoms with Crippen LogP contribution in [0.1, 0.15) is 145 Å². The van der Waals surface area contributed by atoms with Gasteiger partial charge in [0.05, 0.1) is 9.84 Å². The molecule has 234 valence electrons. The van der Waals surface area contributed by atoms with Crippen LogP contribution in [0, 0.1) is 0 Å². The molecule has 0 fully saturated rings. The average molecular weight is 609 g/mol. The largest absolute Gasteiger partial charge is 0.462 e. The molecule has 0 unspecified atom stereocenters. The SMILES string of the molecule is C=C(C)CCCC(=C)Oc1c(C(C)(C)C)cc(SC(C)(C)Sc2cc(C(C)(C)C)cc(C(C)(C)C)c2)cc1C(C)(C)C. The van der Waals surface area contributed by atoms with E-state index in [9.17, 15) is 0 Å². The third-order valence-electron chi connectivity index (χ3n) is 7.35. The lowest BCUT2D eigenvalue weighted by atomic mass is 9.79. The molecule has 0 heterocycles. The first-order chi connectivity index (χ1) is 18.8. The minimum atomic E-state index is -0.0795. The number of rotatable bonds is 10. The number of hydrogen-bond acceptors (Lipinski definition) is 3. The van der Waals surface area contributed by atoms with Crippen molar-refractivity contribution in [2.45, 2.75) is 159 Å². The van der Waals surface area contributed by atoms with E-state index in [-0.39, 0.29) is 25.7 Å². The minimum absolute atomic E-state index is 0.0789. The summed E-state index contributed by atoms with van der Waals surface area (Å²) in [6.07, 6.45) is 2.85. The van der Waals surface area contributed by atoms with Crippen molar-refractivity contribution in [2.75, 3.05) is 0 Å². The zero-order valence-corrected chi connectivity index (χ0v) is 31.3. The van der Waals surface area contributed by atoms with Crippen molar-refractivity contribution in [1.29, 1.82) is 0 Å². The monoisotopic (exact) mass is 608 g/mol. The van der Waals surface area contributed by atoms with Gasteiger partial charge >= 0.3 is 0 Å². The summed E-state index contributed by atoms with van der Waals surface area (Å²) >= 11 is 3.91. The Labute approximate surface area is 268 Å². The molecule has 0 radical (unpaired) electrons. The lowest BCUT2D eigenvalue weighted by molar-refractivity contribution is 0.373. The van der Waals surface area contributed by atoms with Crippen molar-refractivity contribution >= 4 is 23.5 Å². The van der Waals surface area contributed by atoms with Crippen LogP contribution in [0.4, 0.5) is 0 Å². The van der Waals surface area contributed by atoms with Gasteiger partial charge in [0.25, 0.3) is 0 Å². The van der Waals surface area contributed by atoms with Gasteiger partial charge < -0.3 is 4.74 Å². The number of benzene rings is 2. The molecule has 0 saturated heterocycles. The molecule has 0 saturated carbocycles. The van der Waals surface area contributed by atoms with Gasteiger partial charge in [-0.15, -0.1) is 30.1 Å². The lowest BCUT2D eigenvalue weighted by Crippen LogP contribution is -2.20. The maximum Gasteiger partial charge on any atom is 0.134 e. The molecule has 0 aliphatic carbocycles. The molecule has 0 aliphatic rings. The molecule has 0 amide bonds. The van der Waals surface area contributed by atoms with Crippen LogP contribution in [-0.4, -0.2) is 4.08 Å². The zero-order chi connectivity index (χ0) is 32.5. The van der Waals surface area contributed by atoms with E-state index >= 15 is 0 Å². The lowest BCUT2D eigenvalue weighted by Gasteiger charge is -2.32. The smallest absolute Gasteiger partial charge is 0.134 e. The van der Waals surface area contributed by atoms with Crippen LogP contribution in [-0.2, 0) is 21.7 Å². The number of hydrogen-bond donors (Lipinski definition) is 0. The van der Waals surface area contributed by atoms with Crippen LogP contribution in [0.25, 0.3) is 0 Å². The van der Waals surface area contributed by atoms with Crippen molar-refractivity contribution in [3.05, 3.63) is 77.1 Å². The van der Waals surface area contributed by atoms with Crippen molar-refractivity contribution in [2.24, 2.45) is 0 Å². The van der Waals surface area contributed by atoms with Crippen LogP contribution in [0.3, 0.4) is 0 Å². The molecule has 42 heavy (non-hydrogen) atoms. The summed E-state index contributed by atoms with van der Waals surface area (Å²) in [5.41, 5.74) is 6.51. The second kappa shape index (κ2) is 13.2. The first-order valence-corrected chi connectivity index (χ1v) is 17.2. The van der Waals surface area contributed by atoms with Gasteiger partial charge in [-0.2, -0.15) is 0 Å². The number of thioether (sulfide) groups is 2. The van der Waals surface area contributed by atoms with E-state index in [1.165, 1.54) is 37.6 Å². The summed E-state index contributed by atoms with van der Waals surface area (Å²) in [7, 11) is 0. The predicted octanol–water partition coefficient (Wildman–Crippen LogP) is 13.1. The molecule has 0 atom stereocenters. The standard InChI is InChI=1S/C39H60OS2/c1-26(2)19-18-20-27(3)40-34-32(37(10,11)12)24-31(25-33(34)38(13,14)15)42-39(16,17)41-30-22-28(35(4,5)6)21-29(23-30)36(7,8)9/h21-25H,1,3,18-20H2,2,4-17H3.